The monoisotopic (exact) mass is 114 g/mol. The number of rotatable bonds is 4. The third-order valence-electron chi connectivity index (χ3n) is 0.622. The van der Waals surface area contributed by atoms with E-state index in [4.69, 9.17) is 0 Å². The van der Waals surface area contributed by atoms with Crippen molar-refractivity contribution < 1.29 is 14.4 Å². The Morgan fingerprint density at radius 2 is 1.50 bits per heavy atom. The van der Waals surface area contributed by atoms with E-state index >= 15 is 0 Å². The van der Waals surface area contributed by atoms with E-state index in [1.54, 1.807) is 0 Å². The average molecular weight is 114 g/mol. The molecule has 44 valence electrons. The quantitative estimate of drug-likeness (QED) is 0.373. The van der Waals surface area contributed by atoms with Crippen molar-refractivity contribution in [1.82, 2.24) is 0 Å². The van der Waals surface area contributed by atoms with Crippen LogP contribution in [0.1, 0.15) is 12.8 Å². The number of carbonyl (C=O) groups is 3. The summed E-state index contributed by atoms with van der Waals surface area (Å²) in [6.45, 7) is 0. The van der Waals surface area contributed by atoms with Crippen molar-refractivity contribution in [3.8, 4) is 0 Å². The first-order chi connectivity index (χ1) is 3.81. The third kappa shape index (κ3) is 3.21. The fourth-order valence-electron chi connectivity index (χ4n) is 0.269. The molecular weight excluding hydrogens is 108 g/mol. The molecule has 0 saturated heterocycles. The lowest BCUT2D eigenvalue weighted by atomic mass is 10.2. The molecule has 3 heteroatoms. The Bertz CT molecular complexity index is 94.2. The maximum Gasteiger partial charge on any atom is 0.147 e. The number of aldehydes is 2. The zero-order chi connectivity index (χ0) is 6.41. The summed E-state index contributed by atoms with van der Waals surface area (Å²) >= 11 is 0. The first-order valence-corrected chi connectivity index (χ1v) is 2.20. The highest BCUT2D eigenvalue weighted by Gasteiger charge is 1.95. The zero-order valence-corrected chi connectivity index (χ0v) is 4.29. The van der Waals surface area contributed by atoms with Crippen LogP contribution in [0, 0.1) is 0 Å². The van der Waals surface area contributed by atoms with E-state index in [2.05, 4.69) is 0 Å². The van der Waals surface area contributed by atoms with Crippen molar-refractivity contribution in [3.63, 3.8) is 0 Å². The van der Waals surface area contributed by atoms with Crippen LogP contribution >= 0.6 is 0 Å². The van der Waals surface area contributed by atoms with Gasteiger partial charge in [-0.1, -0.05) is 0 Å². The smallest absolute Gasteiger partial charge is 0.147 e. The topological polar surface area (TPSA) is 51.2 Å². The molecule has 0 amide bonds. The second-order valence-electron chi connectivity index (χ2n) is 1.28. The van der Waals surface area contributed by atoms with E-state index in [0.29, 0.717) is 12.6 Å². The molecule has 0 fully saturated rings. The molecule has 0 aliphatic heterocycles. The Kier molecular flexibility index (Phi) is 3.66. The molecule has 0 saturated carbocycles. The molecule has 0 aliphatic carbocycles. The van der Waals surface area contributed by atoms with Crippen molar-refractivity contribution in [2.75, 3.05) is 0 Å². The van der Waals surface area contributed by atoms with Gasteiger partial charge in [-0.05, 0) is 0 Å². The maximum absolute atomic E-state index is 10.2. The Balaban J connectivity index is 3.32. The standard InChI is InChI=1S/C5H6O3/c6-3-1-5(8)2-4-7/h3-4H,1-2H2. The normalized spacial score (nSPS) is 8.00. The highest BCUT2D eigenvalue weighted by molar-refractivity contribution is 5.96. The molecule has 0 aliphatic rings. The Morgan fingerprint density at radius 3 is 1.75 bits per heavy atom. The summed E-state index contributed by atoms with van der Waals surface area (Å²) in [5.41, 5.74) is 0. The molecular formula is C5H6O3. The highest BCUT2D eigenvalue weighted by Crippen LogP contribution is 1.80. The lowest BCUT2D eigenvalue weighted by Crippen LogP contribution is -1.97. The summed E-state index contributed by atoms with van der Waals surface area (Å²) in [5.74, 6) is -0.324. The largest absolute Gasteiger partial charge is 0.303 e. The van der Waals surface area contributed by atoms with Crippen LogP contribution in [0.5, 0.6) is 0 Å². The minimum Gasteiger partial charge on any atom is -0.303 e. The summed E-state index contributed by atoms with van der Waals surface area (Å²) in [4.78, 5) is 29.3. The van der Waals surface area contributed by atoms with E-state index in [-0.39, 0.29) is 18.6 Å². The molecule has 0 heterocycles. The van der Waals surface area contributed by atoms with Gasteiger partial charge in [0.25, 0.3) is 0 Å². The van der Waals surface area contributed by atoms with E-state index in [0.717, 1.165) is 0 Å². The van der Waals surface area contributed by atoms with Crippen molar-refractivity contribution in [1.29, 1.82) is 0 Å². The molecule has 0 rings (SSSR count). The van der Waals surface area contributed by atoms with Gasteiger partial charge < -0.3 is 9.59 Å². The van der Waals surface area contributed by atoms with Gasteiger partial charge >= 0.3 is 0 Å². The highest BCUT2D eigenvalue weighted by atomic mass is 16.1. The lowest BCUT2D eigenvalue weighted by Gasteiger charge is -1.80. The van der Waals surface area contributed by atoms with Crippen molar-refractivity contribution in [3.05, 3.63) is 0 Å². The Labute approximate surface area is 46.7 Å². The molecule has 3 nitrogen and oxygen atoms in total. The number of ketones is 1. The SMILES string of the molecule is O=CCC(=O)CC=O. The van der Waals surface area contributed by atoms with Gasteiger partial charge in [0.05, 0.1) is 12.8 Å². The van der Waals surface area contributed by atoms with Gasteiger partial charge in [0, 0.05) is 0 Å². The second-order valence-corrected chi connectivity index (χ2v) is 1.28. The number of Topliss-reactive ketones (excluding diaryl/α,β-unsaturated/α-hetero) is 1. The predicted octanol–water partition coefficient (Wildman–Crippen LogP) is -0.266. The van der Waals surface area contributed by atoms with Gasteiger partial charge in [0.1, 0.15) is 18.4 Å². The van der Waals surface area contributed by atoms with Crippen LogP contribution in [-0.2, 0) is 14.4 Å². The molecule has 0 aromatic rings. The number of hydrogen-bond donors (Lipinski definition) is 0. The van der Waals surface area contributed by atoms with Gasteiger partial charge in [-0.25, -0.2) is 0 Å². The summed E-state index contributed by atoms with van der Waals surface area (Å²) in [5, 5.41) is 0. The first-order valence-electron chi connectivity index (χ1n) is 2.20. The van der Waals surface area contributed by atoms with Crippen LogP contribution in [-0.4, -0.2) is 18.4 Å². The molecule has 0 spiro atoms. The predicted molar refractivity (Wildman–Crippen MR) is 26.4 cm³/mol. The van der Waals surface area contributed by atoms with Crippen molar-refractivity contribution in [2.24, 2.45) is 0 Å². The Hall–Kier alpha value is -0.990. The minimum atomic E-state index is -0.324. The Morgan fingerprint density at radius 1 is 1.12 bits per heavy atom. The van der Waals surface area contributed by atoms with Crippen LogP contribution in [0.25, 0.3) is 0 Å². The molecule has 0 N–H and O–H groups in total. The summed E-state index contributed by atoms with van der Waals surface area (Å²) in [7, 11) is 0. The van der Waals surface area contributed by atoms with Crippen LogP contribution in [0.3, 0.4) is 0 Å². The van der Waals surface area contributed by atoms with Gasteiger partial charge in [-0.15, -0.1) is 0 Å². The average Bonchev–Trinajstić information content (AvgIpc) is 1.68. The summed E-state index contributed by atoms with van der Waals surface area (Å²) in [6.07, 6.45) is 0.704. The fraction of sp³-hybridized carbons (Fsp3) is 0.400. The molecule has 0 radical (unpaired) electrons. The van der Waals surface area contributed by atoms with Crippen LogP contribution in [0.2, 0.25) is 0 Å². The minimum absolute atomic E-state index is 0.140. The van der Waals surface area contributed by atoms with E-state index in [1.807, 2.05) is 0 Å². The fourth-order valence-corrected chi connectivity index (χ4v) is 0.269. The van der Waals surface area contributed by atoms with Gasteiger partial charge in [0.15, 0.2) is 0 Å². The number of carbonyl (C=O) groups excluding carboxylic acids is 3. The second kappa shape index (κ2) is 4.18. The number of hydrogen-bond acceptors (Lipinski definition) is 3. The molecule has 0 aromatic heterocycles. The lowest BCUT2D eigenvalue weighted by molar-refractivity contribution is -0.124. The van der Waals surface area contributed by atoms with Gasteiger partial charge in [0.2, 0.25) is 0 Å². The van der Waals surface area contributed by atoms with Crippen LogP contribution in [0.4, 0.5) is 0 Å². The molecule has 0 aromatic carbocycles. The summed E-state index contributed by atoms with van der Waals surface area (Å²) in [6, 6.07) is 0. The summed E-state index contributed by atoms with van der Waals surface area (Å²) < 4.78 is 0. The molecule has 0 atom stereocenters. The molecule has 0 unspecified atom stereocenters. The van der Waals surface area contributed by atoms with Crippen molar-refractivity contribution in [2.45, 2.75) is 12.8 Å². The van der Waals surface area contributed by atoms with E-state index in [9.17, 15) is 14.4 Å². The van der Waals surface area contributed by atoms with E-state index < -0.39 is 0 Å². The molecule has 8 heavy (non-hydrogen) atoms. The van der Waals surface area contributed by atoms with Gasteiger partial charge in [-0.2, -0.15) is 0 Å². The third-order valence-corrected chi connectivity index (χ3v) is 0.622. The molecule has 0 bridgehead atoms. The van der Waals surface area contributed by atoms with E-state index in [1.165, 1.54) is 0 Å². The first kappa shape index (κ1) is 7.01. The van der Waals surface area contributed by atoms with Crippen LogP contribution in [0.15, 0.2) is 0 Å². The van der Waals surface area contributed by atoms with Gasteiger partial charge in [-0.3, -0.25) is 4.79 Å². The zero-order valence-electron chi connectivity index (χ0n) is 4.29. The van der Waals surface area contributed by atoms with Crippen LogP contribution < -0.4 is 0 Å². The maximum atomic E-state index is 10.2. The van der Waals surface area contributed by atoms with Crippen molar-refractivity contribution >= 4 is 18.4 Å².